The molecule has 2 aromatic carbocycles. The van der Waals surface area contributed by atoms with E-state index in [4.69, 9.17) is 9.47 Å². The van der Waals surface area contributed by atoms with Crippen molar-refractivity contribution in [2.45, 2.75) is 104 Å². The molecule has 0 spiro atoms. The van der Waals surface area contributed by atoms with Crippen molar-refractivity contribution in [3.8, 4) is 5.75 Å². The van der Waals surface area contributed by atoms with E-state index in [-0.39, 0.29) is 18.4 Å². The number of hydrogen-bond acceptors (Lipinski definition) is 5. The lowest BCUT2D eigenvalue weighted by Gasteiger charge is -2.34. The third-order valence-corrected chi connectivity index (χ3v) is 7.19. The van der Waals surface area contributed by atoms with E-state index in [1.165, 1.54) is 0 Å². The van der Waals surface area contributed by atoms with Gasteiger partial charge in [-0.2, -0.15) is 0 Å². The minimum absolute atomic E-state index is 0.154. The fourth-order valence-electron chi connectivity index (χ4n) is 4.99. The first-order valence-electron chi connectivity index (χ1n) is 15.2. The highest BCUT2D eigenvalue weighted by Gasteiger charge is 2.40. The Morgan fingerprint density at radius 3 is 2.05 bits per heavy atom. The molecule has 8 nitrogen and oxygen atoms in total. The quantitative estimate of drug-likeness (QED) is 0.317. The molecule has 0 bridgehead atoms. The van der Waals surface area contributed by atoms with Gasteiger partial charge >= 0.3 is 12.0 Å². The molecule has 0 radical (unpaired) electrons. The average Bonchev–Trinajstić information content (AvgIpc) is 3.21. The molecule has 8 heteroatoms. The Hall–Kier alpha value is -3.55. The molecule has 2 atom stereocenters. The summed E-state index contributed by atoms with van der Waals surface area (Å²) in [6.07, 6.45) is 4.79. The van der Waals surface area contributed by atoms with Crippen LogP contribution in [-0.2, 0) is 27.4 Å². The van der Waals surface area contributed by atoms with Gasteiger partial charge in [0.2, 0.25) is 5.91 Å². The monoisotopic (exact) mass is 579 g/mol. The van der Waals surface area contributed by atoms with Gasteiger partial charge in [-0.15, -0.1) is 0 Å². The molecule has 230 valence electrons. The van der Waals surface area contributed by atoms with Crippen LogP contribution in [0.1, 0.15) is 84.8 Å². The summed E-state index contributed by atoms with van der Waals surface area (Å²) in [5, 5.41) is 5.93. The summed E-state index contributed by atoms with van der Waals surface area (Å²) in [5.41, 5.74) is -0.194. The largest absolute Gasteiger partial charge is 0.489 e. The first-order valence-corrected chi connectivity index (χ1v) is 15.2. The van der Waals surface area contributed by atoms with Crippen LogP contribution in [0, 0.1) is 5.92 Å². The Kier molecular flexibility index (Phi) is 11.8. The van der Waals surface area contributed by atoms with Crippen molar-refractivity contribution in [2.24, 2.45) is 5.92 Å². The summed E-state index contributed by atoms with van der Waals surface area (Å²) in [6, 6.07) is 16.4. The van der Waals surface area contributed by atoms with Crippen LogP contribution in [0.4, 0.5) is 4.79 Å². The molecule has 0 aliphatic carbocycles. The van der Waals surface area contributed by atoms with Gasteiger partial charge < -0.3 is 25.0 Å². The molecule has 1 aliphatic rings. The van der Waals surface area contributed by atoms with Crippen molar-refractivity contribution in [1.29, 1.82) is 0 Å². The Bertz CT molecular complexity index is 1150. The highest BCUT2D eigenvalue weighted by atomic mass is 16.6. The van der Waals surface area contributed by atoms with Gasteiger partial charge in [0, 0.05) is 19.5 Å². The number of urea groups is 1. The molecule has 3 amide bonds. The summed E-state index contributed by atoms with van der Waals surface area (Å²) in [4.78, 5) is 42.2. The Morgan fingerprint density at radius 1 is 0.857 bits per heavy atom. The number of esters is 1. The summed E-state index contributed by atoms with van der Waals surface area (Å²) in [5.74, 6) is -0.0711. The van der Waals surface area contributed by atoms with E-state index >= 15 is 0 Å². The van der Waals surface area contributed by atoms with Crippen molar-refractivity contribution in [3.63, 3.8) is 0 Å². The van der Waals surface area contributed by atoms with Gasteiger partial charge in [-0.05, 0) is 76.1 Å². The third kappa shape index (κ3) is 10.7. The fraction of sp³-hybridized carbons (Fsp3) is 0.559. The van der Waals surface area contributed by atoms with Crippen LogP contribution in [0.15, 0.2) is 54.6 Å². The first-order chi connectivity index (χ1) is 19.8. The lowest BCUT2D eigenvalue weighted by Crippen LogP contribution is -2.61. The Morgan fingerprint density at radius 2 is 1.48 bits per heavy atom. The normalized spacial score (nSPS) is 16.1. The second kappa shape index (κ2) is 15.1. The number of nitrogens with zero attached hydrogens (tertiary/aromatic N) is 1. The highest BCUT2D eigenvalue weighted by molar-refractivity contribution is 5.92. The van der Waals surface area contributed by atoms with Gasteiger partial charge in [0.1, 0.15) is 29.5 Å². The molecule has 1 aliphatic heterocycles. The van der Waals surface area contributed by atoms with Crippen LogP contribution in [0.25, 0.3) is 0 Å². The summed E-state index contributed by atoms with van der Waals surface area (Å²) in [6.45, 7) is 12.9. The van der Waals surface area contributed by atoms with E-state index in [0.29, 0.717) is 31.9 Å². The smallest absolute Gasteiger partial charge is 0.332 e. The Balaban J connectivity index is 1.76. The van der Waals surface area contributed by atoms with Crippen LogP contribution in [-0.4, -0.2) is 53.1 Å². The van der Waals surface area contributed by atoms with E-state index in [1.807, 2.05) is 68.4 Å². The number of benzene rings is 2. The summed E-state index contributed by atoms with van der Waals surface area (Å²) >= 11 is 0. The van der Waals surface area contributed by atoms with E-state index < -0.39 is 29.1 Å². The van der Waals surface area contributed by atoms with Gasteiger partial charge in [-0.25, -0.2) is 9.59 Å². The van der Waals surface area contributed by atoms with Crippen molar-refractivity contribution < 1.29 is 23.9 Å². The predicted octanol–water partition coefficient (Wildman–Crippen LogP) is 6.03. The maximum Gasteiger partial charge on any atom is 0.332 e. The number of nitrogens with one attached hydrogen (secondary N) is 2. The van der Waals surface area contributed by atoms with Gasteiger partial charge in [0.25, 0.3) is 0 Å². The zero-order valence-corrected chi connectivity index (χ0v) is 26.2. The standard InChI is InChI=1S/C34H49N3O5/c1-25(2)22-29(35-32(40)37-20-12-7-8-13-21-37)30(38)36-34(6,31(39)42-33(3,4)5)23-26-16-18-28(19-17-26)41-24-27-14-10-9-11-15-27/h9-11,14-19,25,29H,7-8,12-13,20-24H2,1-6H3,(H,35,40)(H,36,38)/t29-,34+/m0/s1. The van der Waals surface area contributed by atoms with Gasteiger partial charge in [0.15, 0.2) is 0 Å². The molecule has 1 fully saturated rings. The number of likely N-dealkylation sites (tertiary alicyclic amines) is 1. The van der Waals surface area contributed by atoms with Crippen molar-refractivity contribution in [1.82, 2.24) is 15.5 Å². The minimum Gasteiger partial charge on any atom is -0.489 e. The van der Waals surface area contributed by atoms with Crippen LogP contribution in [0.3, 0.4) is 0 Å². The van der Waals surface area contributed by atoms with Crippen molar-refractivity contribution >= 4 is 17.9 Å². The van der Waals surface area contributed by atoms with Crippen LogP contribution in [0.2, 0.25) is 0 Å². The summed E-state index contributed by atoms with van der Waals surface area (Å²) < 4.78 is 11.7. The van der Waals surface area contributed by atoms with Gasteiger partial charge in [-0.3, -0.25) is 4.79 Å². The average molecular weight is 580 g/mol. The van der Waals surface area contributed by atoms with E-state index in [0.717, 1.165) is 36.8 Å². The van der Waals surface area contributed by atoms with Crippen molar-refractivity contribution in [2.75, 3.05) is 13.1 Å². The minimum atomic E-state index is -1.36. The van der Waals surface area contributed by atoms with Crippen molar-refractivity contribution in [3.05, 3.63) is 65.7 Å². The molecule has 1 heterocycles. The molecule has 0 unspecified atom stereocenters. The van der Waals surface area contributed by atoms with Crippen LogP contribution >= 0.6 is 0 Å². The number of ether oxygens (including phenoxy) is 2. The Labute approximate surface area is 251 Å². The second-order valence-electron chi connectivity index (χ2n) is 13.0. The SMILES string of the molecule is CC(C)C[C@H](NC(=O)N1CCCCCC1)C(=O)N[C@](C)(Cc1ccc(OCc2ccccc2)cc1)C(=O)OC(C)(C)C. The fourth-order valence-corrected chi connectivity index (χ4v) is 4.99. The zero-order chi connectivity index (χ0) is 30.8. The third-order valence-electron chi connectivity index (χ3n) is 7.19. The molecule has 2 N–H and O–H groups in total. The van der Waals surface area contributed by atoms with E-state index in [1.54, 1.807) is 32.6 Å². The lowest BCUT2D eigenvalue weighted by molar-refractivity contribution is -0.164. The van der Waals surface area contributed by atoms with Gasteiger partial charge in [0.05, 0.1) is 0 Å². The zero-order valence-electron chi connectivity index (χ0n) is 26.2. The number of carbonyl (C=O) groups excluding carboxylic acids is 3. The second-order valence-corrected chi connectivity index (χ2v) is 13.0. The molecular weight excluding hydrogens is 530 g/mol. The molecule has 2 aromatic rings. The number of rotatable bonds is 11. The van der Waals surface area contributed by atoms with E-state index in [9.17, 15) is 14.4 Å². The molecule has 0 saturated carbocycles. The lowest BCUT2D eigenvalue weighted by atomic mass is 9.91. The number of hydrogen-bond donors (Lipinski definition) is 2. The molecule has 3 rings (SSSR count). The predicted molar refractivity (Wildman–Crippen MR) is 165 cm³/mol. The molecule has 42 heavy (non-hydrogen) atoms. The maximum absolute atomic E-state index is 13.7. The maximum atomic E-state index is 13.7. The summed E-state index contributed by atoms with van der Waals surface area (Å²) in [7, 11) is 0. The van der Waals surface area contributed by atoms with E-state index in [2.05, 4.69) is 10.6 Å². The van der Waals surface area contributed by atoms with Crippen LogP contribution in [0.5, 0.6) is 5.75 Å². The van der Waals surface area contributed by atoms with Gasteiger partial charge in [-0.1, -0.05) is 69.2 Å². The number of carbonyl (C=O) groups is 3. The molecule has 0 aromatic heterocycles. The highest BCUT2D eigenvalue weighted by Crippen LogP contribution is 2.23. The molecule has 1 saturated heterocycles. The first kappa shape index (κ1) is 33.0. The molecular formula is C34H49N3O5. The topological polar surface area (TPSA) is 97.0 Å². The number of amides is 3. The van der Waals surface area contributed by atoms with Crippen LogP contribution < -0.4 is 15.4 Å².